The number of hydrogen-bond acceptors (Lipinski definition) is 3. The maximum atomic E-state index is 12.7. The van der Waals surface area contributed by atoms with Crippen LogP contribution in [-0.2, 0) is 0 Å². The van der Waals surface area contributed by atoms with Crippen LogP contribution in [0.1, 0.15) is 30.1 Å². The second-order valence-corrected chi connectivity index (χ2v) is 7.49. The molecule has 1 aliphatic carbocycles. The minimum absolute atomic E-state index is 0.158. The lowest BCUT2D eigenvalue weighted by Gasteiger charge is -2.21. The average molecular weight is 317 g/mol. The minimum Gasteiger partial charge on any atom is -0.396 e. The Bertz CT molecular complexity index is 567. The predicted molar refractivity (Wildman–Crippen MR) is 90.1 cm³/mol. The lowest BCUT2D eigenvalue weighted by molar-refractivity contribution is 0.0784. The Morgan fingerprint density at radius 1 is 1.27 bits per heavy atom. The lowest BCUT2D eigenvalue weighted by atomic mass is 9.83. The smallest absolute Gasteiger partial charge is 0.253 e. The monoisotopic (exact) mass is 317 g/mol. The zero-order valence-electron chi connectivity index (χ0n) is 13.0. The first kappa shape index (κ1) is 15.6. The van der Waals surface area contributed by atoms with Gasteiger partial charge in [0.2, 0.25) is 0 Å². The van der Waals surface area contributed by atoms with Crippen molar-refractivity contribution in [2.24, 2.45) is 11.8 Å². The highest BCUT2D eigenvalue weighted by atomic mass is 32.2. The second-order valence-electron chi connectivity index (χ2n) is 6.32. The summed E-state index contributed by atoms with van der Waals surface area (Å²) in [7, 11) is 0. The minimum atomic E-state index is 0.158. The van der Waals surface area contributed by atoms with E-state index in [4.69, 9.17) is 5.11 Å². The summed E-state index contributed by atoms with van der Waals surface area (Å²) in [5.41, 5.74) is 2.25. The molecule has 3 nitrogen and oxygen atoms in total. The van der Waals surface area contributed by atoms with E-state index in [0.29, 0.717) is 17.6 Å². The molecule has 0 bridgehead atoms. The van der Waals surface area contributed by atoms with Crippen LogP contribution in [0.5, 0.6) is 0 Å². The molecule has 3 rings (SSSR count). The molecule has 0 spiro atoms. The van der Waals surface area contributed by atoms with Gasteiger partial charge in [0.15, 0.2) is 0 Å². The molecule has 1 aliphatic heterocycles. The van der Waals surface area contributed by atoms with Crippen LogP contribution in [-0.4, -0.2) is 41.4 Å². The number of allylic oxidation sites excluding steroid dienone is 2. The van der Waals surface area contributed by atoms with Gasteiger partial charge in [0.05, 0.1) is 6.61 Å². The molecule has 1 saturated heterocycles. The number of aliphatic hydroxyl groups excluding tert-OH is 1. The van der Waals surface area contributed by atoms with E-state index in [0.717, 1.165) is 36.4 Å². The highest BCUT2D eigenvalue weighted by Gasteiger charge is 2.36. The molecule has 1 aromatic rings. The van der Waals surface area contributed by atoms with Crippen LogP contribution in [0.2, 0.25) is 0 Å². The molecule has 1 heterocycles. The summed E-state index contributed by atoms with van der Waals surface area (Å²) >= 11 is 1.61. The van der Waals surface area contributed by atoms with Gasteiger partial charge >= 0.3 is 0 Å². The molecule has 4 heteroatoms. The van der Waals surface area contributed by atoms with Crippen molar-refractivity contribution in [3.05, 3.63) is 41.5 Å². The molecule has 1 fully saturated rings. The number of amides is 1. The average Bonchev–Trinajstić information content (AvgIpc) is 2.95. The van der Waals surface area contributed by atoms with Crippen LogP contribution >= 0.6 is 11.8 Å². The second kappa shape index (κ2) is 6.88. The predicted octanol–water partition coefficient (Wildman–Crippen LogP) is 3.20. The third kappa shape index (κ3) is 3.39. The van der Waals surface area contributed by atoms with Gasteiger partial charge in [-0.3, -0.25) is 4.79 Å². The molecule has 0 saturated carbocycles. The van der Waals surface area contributed by atoms with Crippen molar-refractivity contribution in [1.82, 2.24) is 4.90 Å². The number of nitrogens with zero attached hydrogens (tertiary/aromatic N) is 1. The Balaban J connectivity index is 1.63. The van der Waals surface area contributed by atoms with Crippen LogP contribution in [0.15, 0.2) is 40.8 Å². The van der Waals surface area contributed by atoms with E-state index in [-0.39, 0.29) is 12.5 Å². The highest BCUT2D eigenvalue weighted by molar-refractivity contribution is 7.99. The number of carbonyl (C=O) groups is 1. The molecule has 1 aromatic carbocycles. The SMILES string of the molecule is CC1=CC[C@H]2CN(C(=O)c3ccc(SCCO)cc3)C[C@H]2C1. The number of aliphatic hydroxyl groups is 1. The Hall–Kier alpha value is -1.26. The van der Waals surface area contributed by atoms with E-state index >= 15 is 0 Å². The molecule has 118 valence electrons. The largest absolute Gasteiger partial charge is 0.396 e. The Kier molecular flexibility index (Phi) is 4.89. The normalized spacial score (nSPS) is 24.1. The van der Waals surface area contributed by atoms with Crippen LogP contribution in [0.25, 0.3) is 0 Å². The number of fused-ring (bicyclic) bond motifs is 1. The fraction of sp³-hybridized carbons (Fsp3) is 0.500. The summed E-state index contributed by atoms with van der Waals surface area (Å²) in [4.78, 5) is 15.8. The molecule has 0 radical (unpaired) electrons. The number of thioether (sulfide) groups is 1. The molecule has 1 amide bonds. The standard InChI is InChI=1S/C18H23NO2S/c1-13-2-3-15-11-19(12-16(15)10-13)18(21)14-4-6-17(7-5-14)22-9-8-20/h2,4-7,15-16,20H,3,8-12H2,1H3/t15-,16+/m0/s1. The number of likely N-dealkylation sites (tertiary alicyclic amines) is 1. The van der Waals surface area contributed by atoms with Gasteiger partial charge in [-0.2, -0.15) is 0 Å². The summed E-state index contributed by atoms with van der Waals surface area (Å²) in [5.74, 6) is 2.14. The summed E-state index contributed by atoms with van der Waals surface area (Å²) in [6.07, 6.45) is 4.60. The zero-order valence-corrected chi connectivity index (χ0v) is 13.8. The summed E-state index contributed by atoms with van der Waals surface area (Å²) in [6.45, 7) is 4.17. The van der Waals surface area contributed by atoms with Gasteiger partial charge in [-0.05, 0) is 55.9 Å². The van der Waals surface area contributed by atoms with Crippen molar-refractivity contribution in [3.8, 4) is 0 Å². The number of rotatable bonds is 4. The Morgan fingerprint density at radius 2 is 2.00 bits per heavy atom. The van der Waals surface area contributed by atoms with E-state index in [2.05, 4.69) is 13.0 Å². The van der Waals surface area contributed by atoms with Gasteiger partial charge in [-0.15, -0.1) is 11.8 Å². The van der Waals surface area contributed by atoms with Crippen LogP contribution in [0.3, 0.4) is 0 Å². The van der Waals surface area contributed by atoms with Gasteiger partial charge < -0.3 is 10.0 Å². The molecule has 22 heavy (non-hydrogen) atoms. The van der Waals surface area contributed by atoms with Crippen molar-refractivity contribution in [2.45, 2.75) is 24.7 Å². The number of carbonyl (C=O) groups excluding carboxylic acids is 1. The van der Waals surface area contributed by atoms with Gasteiger partial charge in [0.25, 0.3) is 5.91 Å². The molecular formula is C18H23NO2S. The van der Waals surface area contributed by atoms with E-state index in [1.54, 1.807) is 11.8 Å². The van der Waals surface area contributed by atoms with E-state index in [1.165, 1.54) is 5.57 Å². The van der Waals surface area contributed by atoms with E-state index in [9.17, 15) is 4.79 Å². The first-order valence-electron chi connectivity index (χ1n) is 7.96. The number of hydrogen-bond donors (Lipinski definition) is 1. The van der Waals surface area contributed by atoms with Gasteiger partial charge in [0.1, 0.15) is 0 Å². The lowest BCUT2D eigenvalue weighted by Crippen LogP contribution is -2.28. The Labute approximate surface area is 136 Å². The topological polar surface area (TPSA) is 40.5 Å². The fourth-order valence-corrected chi connectivity index (χ4v) is 4.15. The van der Waals surface area contributed by atoms with Crippen LogP contribution in [0.4, 0.5) is 0 Å². The summed E-state index contributed by atoms with van der Waals surface area (Å²) in [5, 5.41) is 8.85. The highest BCUT2D eigenvalue weighted by Crippen LogP contribution is 2.36. The van der Waals surface area contributed by atoms with Gasteiger partial charge in [-0.25, -0.2) is 0 Å². The van der Waals surface area contributed by atoms with Crippen LogP contribution in [0, 0.1) is 11.8 Å². The molecule has 0 aromatic heterocycles. The maximum absolute atomic E-state index is 12.7. The molecular weight excluding hydrogens is 294 g/mol. The quantitative estimate of drug-likeness (QED) is 0.685. The molecule has 2 aliphatic rings. The molecule has 2 atom stereocenters. The summed E-state index contributed by atoms with van der Waals surface area (Å²) < 4.78 is 0. The fourth-order valence-electron chi connectivity index (χ4n) is 3.49. The first-order chi connectivity index (χ1) is 10.7. The third-order valence-corrected chi connectivity index (χ3v) is 5.67. The summed E-state index contributed by atoms with van der Waals surface area (Å²) in [6, 6.07) is 7.77. The van der Waals surface area contributed by atoms with Crippen molar-refractivity contribution < 1.29 is 9.90 Å². The van der Waals surface area contributed by atoms with Crippen molar-refractivity contribution >= 4 is 17.7 Å². The molecule has 1 N–H and O–H groups in total. The van der Waals surface area contributed by atoms with Crippen molar-refractivity contribution in [1.29, 1.82) is 0 Å². The maximum Gasteiger partial charge on any atom is 0.253 e. The Morgan fingerprint density at radius 3 is 2.73 bits per heavy atom. The van der Waals surface area contributed by atoms with Crippen molar-refractivity contribution in [2.75, 3.05) is 25.4 Å². The van der Waals surface area contributed by atoms with E-state index < -0.39 is 0 Å². The van der Waals surface area contributed by atoms with E-state index in [1.807, 2.05) is 29.2 Å². The first-order valence-corrected chi connectivity index (χ1v) is 8.94. The number of benzene rings is 1. The van der Waals surface area contributed by atoms with Crippen molar-refractivity contribution in [3.63, 3.8) is 0 Å². The van der Waals surface area contributed by atoms with Gasteiger partial charge in [-0.1, -0.05) is 11.6 Å². The zero-order chi connectivity index (χ0) is 15.5. The van der Waals surface area contributed by atoms with Gasteiger partial charge in [0, 0.05) is 29.3 Å². The third-order valence-electron chi connectivity index (χ3n) is 4.68. The molecule has 0 unspecified atom stereocenters. The van der Waals surface area contributed by atoms with Crippen LogP contribution < -0.4 is 0 Å².